The van der Waals surface area contributed by atoms with E-state index in [0.29, 0.717) is 12.8 Å². The Kier molecular flexibility index (Phi) is 6.72. The summed E-state index contributed by atoms with van der Waals surface area (Å²) >= 11 is 0. The van der Waals surface area contributed by atoms with E-state index in [1.807, 2.05) is 0 Å². The molecule has 7 nitrogen and oxygen atoms in total. The van der Waals surface area contributed by atoms with Gasteiger partial charge >= 0.3 is 0 Å². The molecule has 0 bridgehead atoms. The number of pyridine rings is 1. The molecule has 2 atom stereocenters. The average molecular weight is 437 g/mol. The number of aryl methyl sites for hydroxylation is 1. The molecule has 0 saturated heterocycles. The number of halogens is 1. The fourth-order valence-electron chi connectivity index (χ4n) is 3.62. The van der Waals surface area contributed by atoms with E-state index in [9.17, 15) is 22.7 Å². The van der Waals surface area contributed by atoms with E-state index < -0.39 is 27.7 Å². The maximum atomic E-state index is 13.4. The van der Waals surface area contributed by atoms with Gasteiger partial charge in [0.15, 0.2) is 9.84 Å². The number of anilines is 1. The van der Waals surface area contributed by atoms with Gasteiger partial charge < -0.3 is 15.2 Å². The third kappa shape index (κ3) is 4.96. The van der Waals surface area contributed by atoms with Crippen molar-refractivity contribution in [2.75, 3.05) is 18.2 Å². The Bertz CT molecular complexity index is 1040. The second kappa shape index (κ2) is 9.09. The van der Waals surface area contributed by atoms with Crippen LogP contribution < -0.4 is 10.1 Å². The molecule has 1 unspecified atom stereocenters. The summed E-state index contributed by atoms with van der Waals surface area (Å²) in [5.74, 6) is -1.29. The fourth-order valence-corrected chi connectivity index (χ4v) is 5.33. The van der Waals surface area contributed by atoms with Crippen molar-refractivity contribution in [1.82, 2.24) is 4.98 Å². The Balaban J connectivity index is 1.86. The Labute approximate surface area is 175 Å². The van der Waals surface area contributed by atoms with Gasteiger partial charge in [-0.05, 0) is 56.0 Å². The molecule has 3 rings (SSSR count). The lowest BCUT2D eigenvalue weighted by atomic mass is 9.88. The quantitative estimate of drug-likeness (QED) is 0.721. The molecular weight excluding hydrogens is 411 g/mol. The van der Waals surface area contributed by atoms with E-state index >= 15 is 0 Å². The maximum absolute atomic E-state index is 13.4. The summed E-state index contributed by atoms with van der Waals surface area (Å²) in [5.41, 5.74) is 0.147. The van der Waals surface area contributed by atoms with Crippen LogP contribution in [0.2, 0.25) is 0 Å². The smallest absolute Gasteiger partial charge is 0.260 e. The number of hydrogen-bond donors (Lipinski definition) is 2. The molecular formula is C21H25FN2O5S. The van der Waals surface area contributed by atoms with E-state index in [0.717, 1.165) is 12.8 Å². The number of nitrogens with zero attached hydrogens (tertiary/aromatic N) is 1. The maximum Gasteiger partial charge on any atom is 0.260 e. The number of methoxy groups -OCH3 is 1. The molecule has 2 aromatic rings. The monoisotopic (exact) mass is 436 g/mol. The van der Waals surface area contributed by atoms with Crippen molar-refractivity contribution in [1.29, 1.82) is 0 Å². The Morgan fingerprint density at radius 2 is 2.00 bits per heavy atom. The summed E-state index contributed by atoms with van der Waals surface area (Å²) in [6.45, 7) is 1.47. The molecule has 2 N–H and O–H groups in total. The zero-order valence-electron chi connectivity index (χ0n) is 16.9. The van der Waals surface area contributed by atoms with Crippen LogP contribution in [0.25, 0.3) is 0 Å². The summed E-state index contributed by atoms with van der Waals surface area (Å²) in [4.78, 5) is 16.7. The highest BCUT2D eigenvalue weighted by Gasteiger charge is 2.30. The number of aromatic nitrogens is 1. The third-order valence-electron chi connectivity index (χ3n) is 5.34. The number of sulfone groups is 1. The number of amides is 1. The lowest BCUT2D eigenvalue weighted by Gasteiger charge is -2.27. The highest BCUT2D eigenvalue weighted by Crippen LogP contribution is 2.29. The lowest BCUT2D eigenvalue weighted by Crippen LogP contribution is -2.30. The lowest BCUT2D eigenvalue weighted by molar-refractivity contribution is 0.0807. The first-order valence-electron chi connectivity index (χ1n) is 9.74. The van der Waals surface area contributed by atoms with Gasteiger partial charge in [-0.1, -0.05) is 12.8 Å². The second-order valence-electron chi connectivity index (χ2n) is 7.47. The molecule has 30 heavy (non-hydrogen) atoms. The molecule has 1 aromatic heterocycles. The number of carbonyl (C=O) groups excluding carboxylic acids is 1. The van der Waals surface area contributed by atoms with Gasteiger partial charge in [-0.2, -0.15) is 0 Å². The summed E-state index contributed by atoms with van der Waals surface area (Å²) in [6, 6.07) is 6.57. The number of nitrogens with one attached hydrogen (secondary N) is 1. The molecule has 1 aliphatic carbocycles. The average Bonchev–Trinajstić information content (AvgIpc) is 2.71. The van der Waals surface area contributed by atoms with Crippen molar-refractivity contribution in [3.8, 4) is 5.75 Å². The molecule has 0 radical (unpaired) electrons. The van der Waals surface area contributed by atoms with Gasteiger partial charge in [-0.15, -0.1) is 0 Å². The van der Waals surface area contributed by atoms with Crippen molar-refractivity contribution in [3.05, 3.63) is 47.4 Å². The van der Waals surface area contributed by atoms with E-state index in [2.05, 4.69) is 10.3 Å². The standard InChI is InChI=1S/C21H25FN2O5S/c1-13-17(22)8-10-20(23-13)24-21(26)16-11-15(7-9-19(16)29-2)30(27,28)12-14-5-3-4-6-18(14)25/h7-11,14,18,25H,3-6,12H2,1-2H3,(H,23,24,26)/t14?,18-/m0/s1. The fraction of sp³-hybridized carbons (Fsp3) is 0.429. The van der Waals surface area contributed by atoms with E-state index in [4.69, 9.17) is 4.74 Å². The Morgan fingerprint density at radius 1 is 1.27 bits per heavy atom. The van der Waals surface area contributed by atoms with Crippen LogP contribution in [0.5, 0.6) is 5.75 Å². The van der Waals surface area contributed by atoms with Crippen molar-refractivity contribution in [2.24, 2.45) is 5.92 Å². The number of aliphatic hydroxyl groups is 1. The largest absolute Gasteiger partial charge is 0.496 e. The third-order valence-corrected chi connectivity index (χ3v) is 7.18. The molecule has 1 aromatic carbocycles. The van der Waals surface area contributed by atoms with Gasteiger partial charge in [-0.25, -0.2) is 17.8 Å². The topological polar surface area (TPSA) is 106 Å². The van der Waals surface area contributed by atoms with Crippen molar-refractivity contribution in [3.63, 3.8) is 0 Å². The van der Waals surface area contributed by atoms with Crippen LogP contribution >= 0.6 is 0 Å². The molecule has 1 fully saturated rings. The first-order valence-corrected chi connectivity index (χ1v) is 11.4. The zero-order chi connectivity index (χ0) is 21.9. The van der Waals surface area contributed by atoms with Crippen molar-refractivity contribution >= 4 is 21.6 Å². The molecule has 162 valence electrons. The Hall–Kier alpha value is -2.52. The Morgan fingerprint density at radius 3 is 2.67 bits per heavy atom. The van der Waals surface area contributed by atoms with E-state index in [1.54, 1.807) is 0 Å². The van der Waals surface area contributed by atoms with Crippen LogP contribution in [-0.2, 0) is 9.84 Å². The van der Waals surface area contributed by atoms with Gasteiger partial charge in [-0.3, -0.25) is 4.79 Å². The van der Waals surface area contributed by atoms with E-state index in [-0.39, 0.29) is 39.4 Å². The van der Waals surface area contributed by atoms with Gasteiger partial charge in [0.25, 0.3) is 5.91 Å². The summed E-state index contributed by atoms with van der Waals surface area (Å²) in [6.07, 6.45) is 2.39. The van der Waals surface area contributed by atoms with Crippen molar-refractivity contribution in [2.45, 2.75) is 43.6 Å². The SMILES string of the molecule is COc1ccc(S(=O)(=O)CC2CCCC[C@@H]2O)cc1C(=O)Nc1ccc(F)c(C)n1. The molecule has 1 saturated carbocycles. The number of hydrogen-bond acceptors (Lipinski definition) is 6. The highest BCUT2D eigenvalue weighted by molar-refractivity contribution is 7.91. The van der Waals surface area contributed by atoms with Gasteiger partial charge in [0.05, 0.1) is 35.1 Å². The number of benzene rings is 1. The second-order valence-corrected chi connectivity index (χ2v) is 9.51. The van der Waals surface area contributed by atoms with Crippen LogP contribution in [0.15, 0.2) is 35.2 Å². The molecule has 0 aliphatic heterocycles. The van der Waals surface area contributed by atoms with Gasteiger partial charge in [0, 0.05) is 0 Å². The van der Waals surface area contributed by atoms with Crippen LogP contribution in [0.4, 0.5) is 10.2 Å². The zero-order valence-corrected chi connectivity index (χ0v) is 17.7. The van der Waals surface area contributed by atoms with Crippen LogP contribution in [-0.4, -0.2) is 43.4 Å². The molecule has 9 heteroatoms. The number of carbonyl (C=O) groups is 1. The minimum atomic E-state index is -3.72. The van der Waals surface area contributed by atoms with Gasteiger partial charge in [0.2, 0.25) is 0 Å². The minimum absolute atomic E-state index is 0.0190. The molecule has 1 amide bonds. The predicted molar refractivity (Wildman–Crippen MR) is 110 cm³/mol. The number of rotatable bonds is 6. The molecule has 1 aliphatic rings. The predicted octanol–water partition coefficient (Wildman–Crippen LogP) is 3.11. The highest BCUT2D eigenvalue weighted by atomic mass is 32.2. The minimum Gasteiger partial charge on any atom is -0.496 e. The van der Waals surface area contributed by atoms with Gasteiger partial charge in [0.1, 0.15) is 17.4 Å². The van der Waals surface area contributed by atoms with E-state index in [1.165, 1.54) is 44.4 Å². The summed E-state index contributed by atoms with van der Waals surface area (Å²) in [7, 11) is -2.35. The first kappa shape index (κ1) is 22.2. The summed E-state index contributed by atoms with van der Waals surface area (Å²) in [5, 5.41) is 12.7. The normalized spacial score (nSPS) is 19.3. The number of aliphatic hydroxyl groups excluding tert-OH is 1. The number of ether oxygens (including phenoxy) is 1. The van der Waals surface area contributed by atoms with Crippen LogP contribution in [0, 0.1) is 18.7 Å². The summed E-state index contributed by atoms with van der Waals surface area (Å²) < 4.78 is 44.5. The molecule has 1 heterocycles. The van der Waals surface area contributed by atoms with Crippen LogP contribution in [0.1, 0.15) is 41.7 Å². The first-order chi connectivity index (χ1) is 14.2. The van der Waals surface area contributed by atoms with Crippen molar-refractivity contribution < 1.29 is 27.4 Å². The molecule has 0 spiro atoms. The van der Waals surface area contributed by atoms with Crippen LogP contribution in [0.3, 0.4) is 0 Å².